The van der Waals surface area contributed by atoms with E-state index in [4.69, 9.17) is 4.74 Å². The number of nitrogens with zero attached hydrogens (tertiary/aromatic N) is 2. The van der Waals surface area contributed by atoms with E-state index in [1.807, 2.05) is 30.7 Å². The number of nitrogens with one attached hydrogen (secondary N) is 1. The zero-order valence-corrected chi connectivity index (χ0v) is 18.2. The van der Waals surface area contributed by atoms with E-state index in [0.29, 0.717) is 24.3 Å². The molecule has 2 heterocycles. The van der Waals surface area contributed by atoms with E-state index in [9.17, 15) is 14.4 Å². The quantitative estimate of drug-likeness (QED) is 0.529. The number of carbonyl (C=O) groups excluding carboxylic acids is 3. The fourth-order valence-corrected chi connectivity index (χ4v) is 4.18. The molecule has 7 nitrogen and oxygen atoms in total. The Kier molecular flexibility index (Phi) is 7.31. The van der Waals surface area contributed by atoms with Crippen LogP contribution in [0.5, 0.6) is 0 Å². The van der Waals surface area contributed by atoms with Crippen molar-refractivity contribution in [1.82, 2.24) is 9.88 Å². The fourth-order valence-electron chi connectivity index (χ4n) is 2.68. The van der Waals surface area contributed by atoms with Crippen molar-refractivity contribution >= 4 is 46.1 Å². The van der Waals surface area contributed by atoms with E-state index in [1.54, 1.807) is 45.9 Å². The second kappa shape index (κ2) is 10.1. The Balaban J connectivity index is 1.51. The molecule has 2 aromatic heterocycles. The lowest BCUT2D eigenvalue weighted by Crippen LogP contribution is -2.30. The minimum Gasteiger partial charge on any atom is -0.451 e. The highest BCUT2D eigenvalue weighted by Crippen LogP contribution is 2.25. The van der Waals surface area contributed by atoms with Gasteiger partial charge in [0, 0.05) is 40.7 Å². The van der Waals surface area contributed by atoms with E-state index in [0.717, 1.165) is 10.6 Å². The van der Waals surface area contributed by atoms with Crippen LogP contribution < -0.4 is 5.32 Å². The predicted octanol–water partition coefficient (Wildman–Crippen LogP) is 4.15. The first kappa shape index (κ1) is 21.7. The van der Waals surface area contributed by atoms with Gasteiger partial charge < -0.3 is 15.0 Å². The molecule has 0 saturated carbocycles. The third kappa shape index (κ3) is 5.31. The maximum absolute atomic E-state index is 12.3. The molecule has 0 unspecified atom stereocenters. The minimum atomic E-state index is -0.650. The molecule has 156 valence electrons. The number of aromatic nitrogens is 1. The summed E-state index contributed by atoms with van der Waals surface area (Å²) in [5.74, 6) is -1.18. The van der Waals surface area contributed by atoms with Gasteiger partial charge in [0.25, 0.3) is 11.8 Å². The topological polar surface area (TPSA) is 88.6 Å². The van der Waals surface area contributed by atoms with E-state index in [-0.39, 0.29) is 11.6 Å². The molecule has 0 aliphatic heterocycles. The Bertz CT molecular complexity index is 1010. The average molecular weight is 444 g/mol. The zero-order chi connectivity index (χ0) is 21.5. The molecular formula is C21H21N3O4S2. The number of anilines is 1. The van der Waals surface area contributed by atoms with Crippen LogP contribution in [0.4, 0.5) is 5.69 Å². The molecule has 9 heteroatoms. The summed E-state index contributed by atoms with van der Waals surface area (Å²) in [5.41, 5.74) is 2.19. The molecule has 0 fully saturated rings. The molecule has 0 radical (unpaired) electrons. The van der Waals surface area contributed by atoms with Crippen LogP contribution in [0.25, 0.3) is 10.6 Å². The van der Waals surface area contributed by atoms with Crippen molar-refractivity contribution in [3.8, 4) is 10.6 Å². The Morgan fingerprint density at radius 1 is 1.07 bits per heavy atom. The Labute approximate surface area is 182 Å². The Morgan fingerprint density at radius 2 is 1.80 bits per heavy atom. The first-order valence-electron chi connectivity index (χ1n) is 9.36. The lowest BCUT2D eigenvalue weighted by molar-refractivity contribution is -0.119. The van der Waals surface area contributed by atoms with Gasteiger partial charge in [0.15, 0.2) is 12.3 Å². The van der Waals surface area contributed by atoms with Gasteiger partial charge in [-0.1, -0.05) is 0 Å². The summed E-state index contributed by atoms with van der Waals surface area (Å²) < 4.78 is 5.05. The van der Waals surface area contributed by atoms with Gasteiger partial charge in [0.2, 0.25) is 0 Å². The summed E-state index contributed by atoms with van der Waals surface area (Å²) in [5, 5.41) is 8.86. The molecule has 0 atom stereocenters. The van der Waals surface area contributed by atoms with Crippen molar-refractivity contribution in [3.63, 3.8) is 0 Å². The van der Waals surface area contributed by atoms with E-state index in [2.05, 4.69) is 10.3 Å². The number of benzene rings is 1. The lowest BCUT2D eigenvalue weighted by atomic mass is 10.2. The number of carbonyl (C=O) groups is 3. The maximum Gasteiger partial charge on any atom is 0.358 e. The Morgan fingerprint density at radius 3 is 2.43 bits per heavy atom. The van der Waals surface area contributed by atoms with Crippen LogP contribution in [0.1, 0.15) is 34.7 Å². The van der Waals surface area contributed by atoms with Crippen LogP contribution in [0.3, 0.4) is 0 Å². The summed E-state index contributed by atoms with van der Waals surface area (Å²) >= 11 is 2.89. The van der Waals surface area contributed by atoms with Gasteiger partial charge in [-0.15, -0.1) is 11.3 Å². The molecule has 3 aromatic rings. The smallest absolute Gasteiger partial charge is 0.358 e. The highest BCUT2D eigenvalue weighted by atomic mass is 32.1. The number of amides is 2. The van der Waals surface area contributed by atoms with Gasteiger partial charge in [0.05, 0.1) is 0 Å². The van der Waals surface area contributed by atoms with Crippen LogP contribution in [0.2, 0.25) is 0 Å². The number of ether oxygens (including phenoxy) is 1. The molecule has 1 aromatic carbocycles. The summed E-state index contributed by atoms with van der Waals surface area (Å²) in [7, 11) is 0. The summed E-state index contributed by atoms with van der Waals surface area (Å²) in [6.07, 6.45) is 0. The van der Waals surface area contributed by atoms with Crippen LogP contribution in [0, 0.1) is 0 Å². The number of esters is 1. The summed E-state index contributed by atoms with van der Waals surface area (Å²) in [6, 6.07) is 8.52. The zero-order valence-electron chi connectivity index (χ0n) is 16.6. The van der Waals surface area contributed by atoms with Crippen molar-refractivity contribution in [1.29, 1.82) is 0 Å². The molecular weight excluding hydrogens is 422 g/mol. The van der Waals surface area contributed by atoms with Crippen molar-refractivity contribution < 1.29 is 19.1 Å². The van der Waals surface area contributed by atoms with Crippen molar-refractivity contribution in [2.75, 3.05) is 25.0 Å². The molecule has 2 amide bonds. The monoisotopic (exact) mass is 443 g/mol. The number of hydrogen-bond acceptors (Lipinski definition) is 7. The highest BCUT2D eigenvalue weighted by Gasteiger charge is 2.16. The molecule has 30 heavy (non-hydrogen) atoms. The SMILES string of the molecule is CCN(CC)C(=O)c1ccc(NC(=O)COC(=O)c2csc(-c3ccsc3)n2)cc1. The number of hydrogen-bond donors (Lipinski definition) is 1. The average Bonchev–Trinajstić information content (AvgIpc) is 3.45. The van der Waals surface area contributed by atoms with Gasteiger partial charge in [-0.3, -0.25) is 9.59 Å². The number of rotatable bonds is 8. The van der Waals surface area contributed by atoms with Gasteiger partial charge in [-0.2, -0.15) is 11.3 Å². The highest BCUT2D eigenvalue weighted by molar-refractivity contribution is 7.14. The van der Waals surface area contributed by atoms with E-state index >= 15 is 0 Å². The molecule has 0 bridgehead atoms. The van der Waals surface area contributed by atoms with Crippen LogP contribution >= 0.6 is 22.7 Å². The van der Waals surface area contributed by atoms with Gasteiger partial charge >= 0.3 is 5.97 Å². The van der Waals surface area contributed by atoms with Crippen molar-refractivity contribution in [2.45, 2.75) is 13.8 Å². The lowest BCUT2D eigenvalue weighted by Gasteiger charge is -2.18. The van der Waals surface area contributed by atoms with Crippen LogP contribution in [-0.2, 0) is 9.53 Å². The molecule has 0 saturated heterocycles. The molecule has 1 N–H and O–H groups in total. The van der Waals surface area contributed by atoms with Gasteiger partial charge in [0.1, 0.15) is 5.01 Å². The van der Waals surface area contributed by atoms with E-state index < -0.39 is 18.5 Å². The summed E-state index contributed by atoms with van der Waals surface area (Å²) in [4.78, 5) is 42.5. The molecule has 0 spiro atoms. The number of thiophene rings is 1. The fraction of sp³-hybridized carbons (Fsp3) is 0.238. The van der Waals surface area contributed by atoms with Crippen LogP contribution in [-0.4, -0.2) is 47.4 Å². The third-order valence-corrected chi connectivity index (χ3v) is 5.86. The maximum atomic E-state index is 12.3. The molecule has 0 aliphatic rings. The second-order valence-corrected chi connectivity index (χ2v) is 7.87. The van der Waals surface area contributed by atoms with Crippen molar-refractivity contribution in [3.05, 3.63) is 57.7 Å². The Hall–Kier alpha value is -3.04. The number of thiazole rings is 1. The van der Waals surface area contributed by atoms with Crippen molar-refractivity contribution in [2.24, 2.45) is 0 Å². The van der Waals surface area contributed by atoms with Gasteiger partial charge in [-0.25, -0.2) is 9.78 Å². The predicted molar refractivity (Wildman–Crippen MR) is 118 cm³/mol. The summed E-state index contributed by atoms with van der Waals surface area (Å²) in [6.45, 7) is 4.68. The van der Waals surface area contributed by atoms with E-state index in [1.165, 1.54) is 11.3 Å². The third-order valence-electron chi connectivity index (χ3n) is 4.28. The second-order valence-electron chi connectivity index (χ2n) is 6.23. The van der Waals surface area contributed by atoms with Gasteiger partial charge in [-0.05, 0) is 49.6 Å². The largest absolute Gasteiger partial charge is 0.451 e. The first-order chi connectivity index (χ1) is 14.5. The van der Waals surface area contributed by atoms with Crippen LogP contribution in [0.15, 0.2) is 46.5 Å². The molecule has 3 rings (SSSR count). The standard InChI is InChI=1S/C21H21N3O4S2/c1-3-24(4-2)20(26)14-5-7-16(8-6-14)22-18(25)11-28-21(27)17-13-30-19(23-17)15-9-10-29-12-15/h5-10,12-13H,3-4,11H2,1-2H3,(H,22,25). The first-order valence-corrected chi connectivity index (χ1v) is 11.2. The minimum absolute atomic E-state index is 0.0584. The molecule has 0 aliphatic carbocycles. The normalized spacial score (nSPS) is 10.5.